The molecule has 0 bridgehead atoms. The van der Waals surface area contributed by atoms with Crippen molar-refractivity contribution in [3.8, 4) is 6.07 Å². The van der Waals surface area contributed by atoms with E-state index in [2.05, 4.69) is 11.1 Å². The van der Waals surface area contributed by atoms with Crippen molar-refractivity contribution in [2.75, 3.05) is 0 Å². The van der Waals surface area contributed by atoms with Crippen LogP contribution in [0.15, 0.2) is 18.5 Å². The van der Waals surface area contributed by atoms with Gasteiger partial charge in [0, 0.05) is 18.4 Å². The number of hydrogen-bond donors (Lipinski definition) is 0. The van der Waals surface area contributed by atoms with E-state index in [1.807, 2.05) is 20.8 Å². The first kappa shape index (κ1) is 14.3. The van der Waals surface area contributed by atoms with Crippen LogP contribution in [0, 0.1) is 11.3 Å². The van der Waals surface area contributed by atoms with Gasteiger partial charge in [-0.15, -0.1) is 0 Å². The van der Waals surface area contributed by atoms with Gasteiger partial charge in [-0.2, -0.15) is 5.26 Å². The van der Waals surface area contributed by atoms with E-state index in [-0.39, 0.29) is 12.1 Å². The van der Waals surface area contributed by atoms with Crippen molar-refractivity contribution in [3.63, 3.8) is 0 Å². The molecule has 106 valence electrons. The first-order chi connectivity index (χ1) is 9.39. The molecule has 0 aliphatic heterocycles. The van der Waals surface area contributed by atoms with Crippen LogP contribution < -0.4 is 0 Å². The lowest BCUT2D eigenvalue weighted by atomic mass is 10.2. The van der Waals surface area contributed by atoms with Crippen LogP contribution in [0.5, 0.6) is 0 Å². The number of carbonyl (C=O) groups excluding carboxylic acids is 1. The van der Waals surface area contributed by atoms with Gasteiger partial charge in [-0.1, -0.05) is 0 Å². The molecule has 1 saturated carbocycles. The molecule has 1 heterocycles. The average Bonchev–Trinajstić information content (AvgIpc) is 3.18. The first-order valence-electron chi connectivity index (χ1n) is 6.73. The predicted molar refractivity (Wildman–Crippen MR) is 73.8 cm³/mol. The van der Waals surface area contributed by atoms with Crippen LogP contribution in [0.2, 0.25) is 0 Å². The zero-order chi connectivity index (χ0) is 14.8. The van der Waals surface area contributed by atoms with Crippen LogP contribution >= 0.6 is 0 Å². The molecule has 1 aliphatic rings. The molecule has 0 radical (unpaired) electrons. The van der Waals surface area contributed by atoms with Crippen molar-refractivity contribution in [2.45, 2.75) is 51.8 Å². The van der Waals surface area contributed by atoms with Crippen molar-refractivity contribution in [1.29, 1.82) is 5.26 Å². The number of hydrogen-bond acceptors (Lipinski definition) is 4. The highest BCUT2D eigenvalue weighted by Gasteiger charge is 2.35. The number of pyridine rings is 1. The monoisotopic (exact) mass is 273 g/mol. The van der Waals surface area contributed by atoms with Crippen molar-refractivity contribution < 1.29 is 9.53 Å². The van der Waals surface area contributed by atoms with E-state index in [0.29, 0.717) is 12.1 Å². The number of ether oxygens (including phenoxy) is 1. The van der Waals surface area contributed by atoms with Crippen LogP contribution in [0.1, 0.15) is 44.7 Å². The Kier molecular flexibility index (Phi) is 3.93. The second-order valence-electron chi connectivity index (χ2n) is 6.03. The molecule has 1 aromatic heterocycles. The molecule has 2 rings (SSSR count). The summed E-state index contributed by atoms with van der Waals surface area (Å²) in [5.74, 6) is 0. The minimum Gasteiger partial charge on any atom is -0.444 e. The van der Waals surface area contributed by atoms with Gasteiger partial charge in [0.2, 0.25) is 0 Å². The number of nitriles is 1. The van der Waals surface area contributed by atoms with Crippen LogP contribution in [0.4, 0.5) is 4.79 Å². The van der Waals surface area contributed by atoms with Crippen molar-refractivity contribution in [2.24, 2.45) is 0 Å². The number of nitrogens with zero attached hydrogens (tertiary/aromatic N) is 3. The van der Waals surface area contributed by atoms with E-state index >= 15 is 0 Å². The van der Waals surface area contributed by atoms with Gasteiger partial charge in [0.25, 0.3) is 0 Å². The van der Waals surface area contributed by atoms with Gasteiger partial charge in [0.1, 0.15) is 11.7 Å². The summed E-state index contributed by atoms with van der Waals surface area (Å²) in [4.78, 5) is 18.0. The standard InChI is InChI=1S/C15H19N3O2/c1-15(2,3)20-14(19)18(13-4-5-13)10-12-6-11(7-16)8-17-9-12/h6,8-9,13H,4-5,10H2,1-3H3. The molecule has 1 amide bonds. The number of aromatic nitrogens is 1. The molecule has 1 fully saturated rings. The highest BCUT2D eigenvalue weighted by Crippen LogP contribution is 2.29. The molecule has 0 spiro atoms. The maximum absolute atomic E-state index is 12.2. The molecule has 5 nitrogen and oxygen atoms in total. The minimum atomic E-state index is -0.503. The Morgan fingerprint density at radius 1 is 1.50 bits per heavy atom. The van der Waals surface area contributed by atoms with Gasteiger partial charge in [0.05, 0.1) is 12.1 Å². The van der Waals surface area contributed by atoms with E-state index in [9.17, 15) is 4.79 Å². The summed E-state index contributed by atoms with van der Waals surface area (Å²) >= 11 is 0. The molecule has 0 aromatic carbocycles. The molecule has 20 heavy (non-hydrogen) atoms. The maximum atomic E-state index is 12.2. The Bertz CT molecular complexity index is 539. The van der Waals surface area contributed by atoms with Crippen LogP contribution in [0.25, 0.3) is 0 Å². The zero-order valence-electron chi connectivity index (χ0n) is 12.1. The van der Waals surface area contributed by atoms with E-state index < -0.39 is 5.60 Å². The number of rotatable bonds is 3. The normalized spacial score (nSPS) is 14.5. The number of amides is 1. The smallest absolute Gasteiger partial charge is 0.410 e. The van der Waals surface area contributed by atoms with Crippen molar-refractivity contribution in [3.05, 3.63) is 29.6 Å². The topological polar surface area (TPSA) is 66.2 Å². The third-order valence-electron chi connectivity index (χ3n) is 2.89. The van der Waals surface area contributed by atoms with Crippen LogP contribution in [-0.2, 0) is 11.3 Å². The van der Waals surface area contributed by atoms with Crippen LogP contribution in [0.3, 0.4) is 0 Å². The average molecular weight is 273 g/mol. The Labute approximate surface area is 119 Å². The molecule has 0 N–H and O–H groups in total. The Morgan fingerprint density at radius 3 is 2.75 bits per heavy atom. The predicted octanol–water partition coefficient (Wildman–Crippen LogP) is 2.85. The minimum absolute atomic E-state index is 0.246. The highest BCUT2D eigenvalue weighted by atomic mass is 16.6. The SMILES string of the molecule is CC(C)(C)OC(=O)N(Cc1cncc(C#N)c1)C1CC1. The quantitative estimate of drug-likeness (QED) is 0.849. The summed E-state index contributed by atoms with van der Waals surface area (Å²) in [6, 6.07) is 4.06. The molecular weight excluding hydrogens is 254 g/mol. The van der Waals surface area contributed by atoms with Gasteiger partial charge >= 0.3 is 6.09 Å². The van der Waals surface area contributed by atoms with E-state index in [1.54, 1.807) is 17.2 Å². The molecular formula is C15H19N3O2. The summed E-state index contributed by atoms with van der Waals surface area (Å²) < 4.78 is 5.43. The lowest BCUT2D eigenvalue weighted by molar-refractivity contribution is 0.0216. The van der Waals surface area contributed by atoms with Crippen LogP contribution in [-0.4, -0.2) is 27.6 Å². The second-order valence-corrected chi connectivity index (χ2v) is 6.03. The third kappa shape index (κ3) is 3.95. The zero-order valence-corrected chi connectivity index (χ0v) is 12.1. The summed E-state index contributed by atoms with van der Waals surface area (Å²) in [5, 5.41) is 8.88. The Balaban J connectivity index is 2.10. The molecule has 0 unspecified atom stereocenters. The van der Waals surface area contributed by atoms with Crippen molar-refractivity contribution >= 4 is 6.09 Å². The molecule has 5 heteroatoms. The first-order valence-corrected chi connectivity index (χ1v) is 6.73. The summed E-state index contributed by atoms with van der Waals surface area (Å²) in [6.45, 7) is 6.00. The third-order valence-corrected chi connectivity index (χ3v) is 2.89. The van der Waals surface area contributed by atoms with Gasteiger partial charge < -0.3 is 9.64 Å². The molecule has 0 atom stereocenters. The molecule has 1 aromatic rings. The lowest BCUT2D eigenvalue weighted by Crippen LogP contribution is -2.37. The van der Waals surface area contributed by atoms with E-state index in [1.165, 1.54) is 6.20 Å². The lowest BCUT2D eigenvalue weighted by Gasteiger charge is -2.27. The van der Waals surface area contributed by atoms with Gasteiger partial charge in [-0.25, -0.2) is 4.79 Å². The summed E-state index contributed by atoms with van der Waals surface area (Å²) in [7, 11) is 0. The van der Waals surface area contributed by atoms with Gasteiger partial charge in [0.15, 0.2) is 0 Å². The van der Waals surface area contributed by atoms with Crippen molar-refractivity contribution in [1.82, 2.24) is 9.88 Å². The number of carbonyl (C=O) groups is 1. The van der Waals surface area contributed by atoms with E-state index in [0.717, 1.165) is 18.4 Å². The highest BCUT2D eigenvalue weighted by molar-refractivity contribution is 5.69. The largest absolute Gasteiger partial charge is 0.444 e. The summed E-state index contributed by atoms with van der Waals surface area (Å²) in [5.41, 5.74) is 0.848. The summed E-state index contributed by atoms with van der Waals surface area (Å²) in [6.07, 6.45) is 4.90. The fourth-order valence-corrected chi connectivity index (χ4v) is 1.88. The fourth-order valence-electron chi connectivity index (χ4n) is 1.88. The van der Waals surface area contributed by atoms with Gasteiger partial charge in [-0.3, -0.25) is 4.98 Å². The van der Waals surface area contributed by atoms with Gasteiger partial charge in [-0.05, 0) is 45.2 Å². The maximum Gasteiger partial charge on any atom is 0.410 e. The Hall–Kier alpha value is -2.09. The molecule has 0 saturated heterocycles. The fraction of sp³-hybridized carbons (Fsp3) is 0.533. The second kappa shape index (κ2) is 5.49. The Morgan fingerprint density at radius 2 is 2.20 bits per heavy atom. The molecule has 1 aliphatic carbocycles. The van der Waals surface area contributed by atoms with E-state index in [4.69, 9.17) is 10.00 Å².